The van der Waals surface area contributed by atoms with Gasteiger partial charge in [0, 0.05) is 18.4 Å². The van der Waals surface area contributed by atoms with Gasteiger partial charge in [-0.2, -0.15) is 0 Å². The van der Waals surface area contributed by atoms with Crippen LogP contribution in [-0.2, 0) is 0 Å². The summed E-state index contributed by atoms with van der Waals surface area (Å²) in [6.45, 7) is 3.86. The quantitative estimate of drug-likeness (QED) is 0.282. The lowest BCUT2D eigenvalue weighted by Crippen LogP contribution is -2.26. The molecule has 0 atom stereocenters. The highest BCUT2D eigenvalue weighted by molar-refractivity contribution is 5.94. The van der Waals surface area contributed by atoms with Crippen LogP contribution >= 0.6 is 0 Å². The fourth-order valence-corrected chi connectivity index (χ4v) is 4.71. The second-order valence-electron chi connectivity index (χ2n) is 8.66. The van der Waals surface area contributed by atoms with Crippen LogP contribution in [0.15, 0.2) is 139 Å². The fourth-order valence-electron chi connectivity index (χ4n) is 4.71. The molecule has 172 valence electrons. The van der Waals surface area contributed by atoms with Crippen molar-refractivity contribution in [3.8, 4) is 0 Å². The molecular weight excluding hydrogens is 424 g/mol. The topological polar surface area (TPSA) is 15.3 Å². The van der Waals surface area contributed by atoms with Crippen molar-refractivity contribution < 1.29 is 0 Å². The van der Waals surface area contributed by atoms with Crippen LogP contribution in [0.2, 0.25) is 0 Å². The molecule has 0 radical (unpaired) electrons. The van der Waals surface area contributed by atoms with E-state index in [-0.39, 0.29) is 0 Å². The van der Waals surface area contributed by atoms with E-state index in [1.807, 2.05) is 19.2 Å². The summed E-state index contributed by atoms with van der Waals surface area (Å²) < 4.78 is 0. The lowest BCUT2D eigenvalue weighted by molar-refractivity contribution is 0.815. The normalized spacial score (nSPS) is 14.1. The number of allylic oxidation sites excluding steroid dienone is 7. The highest BCUT2D eigenvalue weighted by atomic mass is 15.2. The summed E-state index contributed by atoms with van der Waals surface area (Å²) in [6, 6.07) is 30.5. The van der Waals surface area contributed by atoms with Crippen molar-refractivity contribution >= 4 is 32.9 Å². The Hall–Kier alpha value is -4.30. The lowest BCUT2D eigenvalue weighted by atomic mass is 10.00. The molecule has 1 aliphatic rings. The molecule has 0 saturated heterocycles. The molecule has 35 heavy (non-hydrogen) atoms. The van der Waals surface area contributed by atoms with Gasteiger partial charge in [0.15, 0.2) is 0 Å². The van der Waals surface area contributed by atoms with Crippen LogP contribution in [0.25, 0.3) is 27.2 Å². The monoisotopic (exact) mass is 454 g/mol. The van der Waals surface area contributed by atoms with E-state index in [1.54, 1.807) is 0 Å². The summed E-state index contributed by atoms with van der Waals surface area (Å²) in [6.07, 6.45) is 14.6. The van der Waals surface area contributed by atoms with Crippen molar-refractivity contribution in [3.05, 3.63) is 145 Å². The number of anilines is 1. The number of nitrogens with zero attached hydrogens (tertiary/aromatic N) is 1. The highest BCUT2D eigenvalue weighted by Gasteiger charge is 2.22. The van der Waals surface area contributed by atoms with Gasteiger partial charge >= 0.3 is 0 Å². The molecule has 5 rings (SSSR count). The van der Waals surface area contributed by atoms with Crippen molar-refractivity contribution in [1.29, 1.82) is 0 Å². The van der Waals surface area contributed by atoms with Crippen LogP contribution in [0.5, 0.6) is 0 Å². The molecule has 0 spiro atoms. The fraction of sp³-hybridized carbons (Fsp3) is 0.0909. The zero-order valence-electron chi connectivity index (χ0n) is 20.1. The van der Waals surface area contributed by atoms with E-state index in [1.165, 1.54) is 32.9 Å². The molecule has 4 aromatic carbocycles. The first-order valence-corrected chi connectivity index (χ1v) is 12.1. The SMILES string of the molecule is C=C/C=C\C=C(/c1ccc2ccccc2c1)N(C1=C(NC)CCC=C1)c1ccc2ccccc2c1. The van der Waals surface area contributed by atoms with Gasteiger partial charge in [0.1, 0.15) is 0 Å². The Morgan fingerprint density at radius 3 is 2.23 bits per heavy atom. The Bertz CT molecular complexity index is 1500. The molecule has 1 aliphatic carbocycles. The van der Waals surface area contributed by atoms with Crippen LogP contribution < -0.4 is 10.2 Å². The molecule has 2 heteroatoms. The van der Waals surface area contributed by atoms with E-state index in [4.69, 9.17) is 0 Å². The van der Waals surface area contributed by atoms with Gasteiger partial charge in [-0.15, -0.1) is 0 Å². The van der Waals surface area contributed by atoms with Crippen LogP contribution in [0.1, 0.15) is 18.4 Å². The van der Waals surface area contributed by atoms with E-state index in [9.17, 15) is 0 Å². The maximum Gasteiger partial charge on any atom is 0.0647 e. The molecule has 0 amide bonds. The molecular formula is C33H30N2. The number of nitrogens with one attached hydrogen (secondary N) is 1. The first-order chi connectivity index (χ1) is 17.3. The van der Waals surface area contributed by atoms with E-state index < -0.39 is 0 Å². The second-order valence-corrected chi connectivity index (χ2v) is 8.66. The third-order valence-corrected chi connectivity index (χ3v) is 6.47. The van der Waals surface area contributed by atoms with Crippen molar-refractivity contribution in [2.24, 2.45) is 0 Å². The first kappa shape index (κ1) is 22.5. The van der Waals surface area contributed by atoms with E-state index >= 15 is 0 Å². The zero-order valence-corrected chi connectivity index (χ0v) is 20.1. The number of benzene rings is 4. The molecule has 2 nitrogen and oxygen atoms in total. The Kier molecular flexibility index (Phi) is 6.63. The predicted molar refractivity (Wildman–Crippen MR) is 152 cm³/mol. The number of fused-ring (bicyclic) bond motifs is 2. The van der Waals surface area contributed by atoms with Gasteiger partial charge in [-0.05, 0) is 70.3 Å². The Morgan fingerprint density at radius 2 is 1.51 bits per heavy atom. The summed E-state index contributed by atoms with van der Waals surface area (Å²) in [7, 11) is 2.02. The minimum atomic E-state index is 0.986. The van der Waals surface area contributed by atoms with Crippen LogP contribution in [-0.4, -0.2) is 7.05 Å². The maximum absolute atomic E-state index is 3.86. The summed E-state index contributed by atoms with van der Waals surface area (Å²) in [5.74, 6) is 0. The standard InChI is InChI=1S/C33H30N2/c1-3-4-5-17-32(29-20-19-25-12-6-8-14-27(25)23-29)35(33-18-11-10-16-31(33)34-2)30-22-21-26-13-7-9-15-28(26)24-30/h3-9,11-15,17-24,34H,1,10,16H2,2H3/b5-4-,32-17+. The highest BCUT2D eigenvalue weighted by Crippen LogP contribution is 2.36. The average molecular weight is 455 g/mol. The van der Waals surface area contributed by atoms with Gasteiger partial charge < -0.3 is 10.2 Å². The van der Waals surface area contributed by atoms with Gasteiger partial charge in [0.25, 0.3) is 0 Å². The van der Waals surface area contributed by atoms with Crippen LogP contribution in [0, 0.1) is 0 Å². The number of hydrogen-bond donors (Lipinski definition) is 1. The second kappa shape index (κ2) is 10.3. The molecule has 0 aromatic heterocycles. The summed E-state index contributed by atoms with van der Waals surface area (Å²) in [5, 5.41) is 8.39. The third kappa shape index (κ3) is 4.69. The molecule has 4 aromatic rings. The molecule has 0 saturated carbocycles. The maximum atomic E-state index is 3.86. The minimum absolute atomic E-state index is 0.986. The third-order valence-electron chi connectivity index (χ3n) is 6.47. The van der Waals surface area contributed by atoms with Gasteiger partial charge in [-0.3, -0.25) is 0 Å². The van der Waals surface area contributed by atoms with Gasteiger partial charge in [0.05, 0.1) is 11.4 Å². The smallest absolute Gasteiger partial charge is 0.0647 e. The van der Waals surface area contributed by atoms with Crippen molar-refractivity contribution in [2.75, 3.05) is 11.9 Å². The lowest BCUT2D eigenvalue weighted by Gasteiger charge is -2.32. The average Bonchev–Trinajstić information content (AvgIpc) is 2.92. The Morgan fingerprint density at radius 1 is 0.829 bits per heavy atom. The number of rotatable bonds is 7. The number of hydrogen-bond acceptors (Lipinski definition) is 2. The predicted octanol–water partition coefficient (Wildman–Crippen LogP) is 8.36. The molecule has 1 N–H and O–H groups in total. The molecule has 0 aliphatic heterocycles. The molecule has 0 bridgehead atoms. The van der Waals surface area contributed by atoms with Crippen molar-refractivity contribution in [3.63, 3.8) is 0 Å². The minimum Gasteiger partial charge on any atom is -0.390 e. The first-order valence-electron chi connectivity index (χ1n) is 12.1. The van der Waals surface area contributed by atoms with Gasteiger partial charge in [0.2, 0.25) is 0 Å². The van der Waals surface area contributed by atoms with Crippen molar-refractivity contribution in [2.45, 2.75) is 12.8 Å². The summed E-state index contributed by atoms with van der Waals surface area (Å²) in [5.41, 5.74) is 5.80. The summed E-state index contributed by atoms with van der Waals surface area (Å²) >= 11 is 0. The van der Waals surface area contributed by atoms with Gasteiger partial charge in [-0.1, -0.05) is 97.6 Å². The van der Waals surface area contributed by atoms with Gasteiger partial charge in [-0.25, -0.2) is 0 Å². The largest absolute Gasteiger partial charge is 0.390 e. The molecule has 0 fully saturated rings. The van der Waals surface area contributed by atoms with E-state index in [0.717, 1.165) is 29.8 Å². The Labute approximate surface area is 207 Å². The van der Waals surface area contributed by atoms with E-state index in [2.05, 4.69) is 126 Å². The van der Waals surface area contributed by atoms with E-state index in [0.29, 0.717) is 0 Å². The van der Waals surface area contributed by atoms with Crippen LogP contribution in [0.3, 0.4) is 0 Å². The molecule has 0 unspecified atom stereocenters. The van der Waals surface area contributed by atoms with Crippen molar-refractivity contribution in [1.82, 2.24) is 5.32 Å². The Balaban J connectivity index is 1.76. The summed E-state index contributed by atoms with van der Waals surface area (Å²) in [4.78, 5) is 2.38. The zero-order chi connectivity index (χ0) is 24.0. The molecule has 0 heterocycles. The van der Waals surface area contributed by atoms with Crippen LogP contribution in [0.4, 0.5) is 5.69 Å².